The number of rotatable bonds is 3. The Bertz CT molecular complexity index is 965. The molecule has 1 heterocycles. The van der Waals surface area contributed by atoms with E-state index in [0.717, 1.165) is 18.2 Å². The van der Waals surface area contributed by atoms with Gasteiger partial charge in [0.2, 0.25) is 0 Å². The first-order valence-electron chi connectivity index (χ1n) is 6.29. The van der Waals surface area contributed by atoms with Crippen molar-refractivity contribution in [1.29, 1.82) is 0 Å². The van der Waals surface area contributed by atoms with Gasteiger partial charge in [0, 0.05) is 5.69 Å². The molecule has 4 nitrogen and oxygen atoms in total. The molecule has 0 atom stereocenters. The number of nitrogens with zero attached hydrogens (tertiary/aromatic N) is 1. The zero-order chi connectivity index (χ0) is 16.7. The Morgan fingerprint density at radius 3 is 2.61 bits per heavy atom. The molecule has 3 rings (SSSR count). The molecule has 0 radical (unpaired) electrons. The molecule has 9 heteroatoms. The van der Waals surface area contributed by atoms with E-state index < -0.39 is 21.8 Å². The van der Waals surface area contributed by atoms with Crippen LogP contribution in [0.4, 0.5) is 18.9 Å². The standard InChI is InChI=1S/C14H9F3N2O2S2/c15-14(16,17)9-2-1-3-10(6-9)19-23(20,21)11-4-5-12-13(7-11)22-8-18-12/h1-8,19H. The van der Waals surface area contributed by atoms with Gasteiger partial charge in [-0.25, -0.2) is 13.4 Å². The number of alkyl halides is 3. The fraction of sp³-hybridized carbons (Fsp3) is 0.0714. The number of aromatic nitrogens is 1. The van der Waals surface area contributed by atoms with Crippen LogP contribution in [0.15, 0.2) is 52.9 Å². The highest BCUT2D eigenvalue weighted by molar-refractivity contribution is 7.92. The minimum atomic E-state index is -4.54. The summed E-state index contributed by atoms with van der Waals surface area (Å²) in [5, 5.41) is 0. The van der Waals surface area contributed by atoms with Gasteiger partial charge in [0.05, 0.1) is 26.2 Å². The quantitative estimate of drug-likeness (QED) is 0.766. The van der Waals surface area contributed by atoms with Crippen LogP contribution in [0.25, 0.3) is 10.2 Å². The number of hydrogen-bond donors (Lipinski definition) is 1. The van der Waals surface area contributed by atoms with Gasteiger partial charge in [-0.05, 0) is 36.4 Å². The Morgan fingerprint density at radius 1 is 1.09 bits per heavy atom. The van der Waals surface area contributed by atoms with Crippen molar-refractivity contribution in [1.82, 2.24) is 4.98 Å². The molecule has 3 aromatic rings. The van der Waals surface area contributed by atoms with Crippen molar-refractivity contribution in [2.75, 3.05) is 4.72 Å². The lowest BCUT2D eigenvalue weighted by molar-refractivity contribution is -0.137. The van der Waals surface area contributed by atoms with Crippen LogP contribution < -0.4 is 4.72 Å². The van der Waals surface area contributed by atoms with Gasteiger partial charge < -0.3 is 0 Å². The number of hydrogen-bond acceptors (Lipinski definition) is 4. The smallest absolute Gasteiger partial charge is 0.280 e. The van der Waals surface area contributed by atoms with E-state index in [1.165, 1.54) is 29.5 Å². The molecule has 120 valence electrons. The lowest BCUT2D eigenvalue weighted by Gasteiger charge is -2.11. The van der Waals surface area contributed by atoms with Gasteiger partial charge in [0.25, 0.3) is 10.0 Å². The van der Waals surface area contributed by atoms with E-state index in [2.05, 4.69) is 9.71 Å². The van der Waals surface area contributed by atoms with Crippen LogP contribution in [0.1, 0.15) is 5.56 Å². The van der Waals surface area contributed by atoms with Crippen LogP contribution in [-0.4, -0.2) is 13.4 Å². The zero-order valence-electron chi connectivity index (χ0n) is 11.3. The third kappa shape index (κ3) is 3.30. The summed E-state index contributed by atoms with van der Waals surface area (Å²) >= 11 is 1.28. The second-order valence-electron chi connectivity index (χ2n) is 4.67. The summed E-state index contributed by atoms with van der Waals surface area (Å²) in [7, 11) is -3.98. The van der Waals surface area contributed by atoms with Gasteiger partial charge in [-0.2, -0.15) is 13.2 Å². The molecule has 0 saturated heterocycles. The number of thiazole rings is 1. The molecule has 0 saturated carbocycles. The van der Waals surface area contributed by atoms with Crippen molar-refractivity contribution in [2.24, 2.45) is 0 Å². The average Bonchev–Trinajstić information content (AvgIpc) is 2.93. The monoisotopic (exact) mass is 358 g/mol. The Labute approximate surface area is 133 Å². The summed E-state index contributed by atoms with van der Waals surface area (Å²) in [6.07, 6.45) is -4.54. The minimum Gasteiger partial charge on any atom is -0.280 e. The van der Waals surface area contributed by atoms with Crippen molar-refractivity contribution in [3.8, 4) is 0 Å². The molecular formula is C14H9F3N2O2S2. The molecular weight excluding hydrogens is 349 g/mol. The Morgan fingerprint density at radius 2 is 1.87 bits per heavy atom. The SMILES string of the molecule is O=S(=O)(Nc1cccc(C(F)(F)F)c1)c1ccc2ncsc2c1. The summed E-state index contributed by atoms with van der Waals surface area (Å²) in [5.41, 5.74) is 1.18. The van der Waals surface area contributed by atoms with Crippen molar-refractivity contribution in [3.63, 3.8) is 0 Å². The molecule has 0 aliphatic rings. The number of nitrogens with one attached hydrogen (secondary N) is 1. The molecule has 0 spiro atoms. The highest BCUT2D eigenvalue weighted by atomic mass is 32.2. The third-order valence-corrected chi connectivity index (χ3v) is 5.23. The number of sulfonamides is 1. The summed E-state index contributed by atoms with van der Waals surface area (Å²) in [5.74, 6) is 0. The average molecular weight is 358 g/mol. The van der Waals surface area contributed by atoms with Gasteiger partial charge in [-0.3, -0.25) is 4.72 Å². The van der Waals surface area contributed by atoms with Crippen molar-refractivity contribution in [3.05, 3.63) is 53.5 Å². The zero-order valence-corrected chi connectivity index (χ0v) is 13.0. The Balaban J connectivity index is 1.94. The molecule has 0 aliphatic carbocycles. The molecule has 0 bridgehead atoms. The van der Waals surface area contributed by atoms with E-state index in [1.54, 1.807) is 11.6 Å². The fourth-order valence-electron chi connectivity index (χ4n) is 1.98. The first-order chi connectivity index (χ1) is 10.8. The molecule has 0 amide bonds. The maximum atomic E-state index is 12.7. The van der Waals surface area contributed by atoms with Gasteiger partial charge >= 0.3 is 6.18 Å². The van der Waals surface area contributed by atoms with Crippen LogP contribution in [0.3, 0.4) is 0 Å². The van der Waals surface area contributed by atoms with Gasteiger partial charge in [-0.1, -0.05) is 6.07 Å². The molecule has 1 N–H and O–H groups in total. The lowest BCUT2D eigenvalue weighted by atomic mass is 10.2. The molecule has 0 unspecified atom stereocenters. The first kappa shape index (κ1) is 15.8. The predicted octanol–water partition coefficient (Wildman–Crippen LogP) is 4.12. The summed E-state index contributed by atoms with van der Waals surface area (Å²) in [4.78, 5) is 4.01. The topological polar surface area (TPSA) is 59.1 Å². The molecule has 0 fully saturated rings. The van der Waals surface area contributed by atoms with Crippen LogP contribution >= 0.6 is 11.3 Å². The third-order valence-electron chi connectivity index (χ3n) is 3.06. The number of fused-ring (bicyclic) bond motifs is 1. The van der Waals surface area contributed by atoms with Gasteiger partial charge in [0.15, 0.2) is 0 Å². The van der Waals surface area contributed by atoms with E-state index in [9.17, 15) is 21.6 Å². The van der Waals surface area contributed by atoms with Crippen LogP contribution in [0.2, 0.25) is 0 Å². The van der Waals surface area contributed by atoms with E-state index in [0.29, 0.717) is 10.2 Å². The summed E-state index contributed by atoms with van der Waals surface area (Å²) in [6.45, 7) is 0. The minimum absolute atomic E-state index is 0.0355. The maximum Gasteiger partial charge on any atom is 0.416 e. The van der Waals surface area contributed by atoms with Crippen LogP contribution in [-0.2, 0) is 16.2 Å². The van der Waals surface area contributed by atoms with Crippen molar-refractivity contribution < 1.29 is 21.6 Å². The summed E-state index contributed by atoms with van der Waals surface area (Å²) in [6, 6.07) is 8.38. The molecule has 0 aliphatic heterocycles. The van der Waals surface area contributed by atoms with Gasteiger partial charge in [0.1, 0.15) is 0 Å². The van der Waals surface area contributed by atoms with E-state index in [4.69, 9.17) is 0 Å². The second-order valence-corrected chi connectivity index (χ2v) is 7.23. The second kappa shape index (κ2) is 5.50. The van der Waals surface area contributed by atoms with E-state index >= 15 is 0 Å². The largest absolute Gasteiger partial charge is 0.416 e. The van der Waals surface area contributed by atoms with Crippen molar-refractivity contribution in [2.45, 2.75) is 11.1 Å². The highest BCUT2D eigenvalue weighted by Crippen LogP contribution is 2.31. The van der Waals surface area contributed by atoms with Crippen LogP contribution in [0.5, 0.6) is 0 Å². The molecule has 2 aromatic carbocycles. The number of halogens is 3. The van der Waals surface area contributed by atoms with Crippen molar-refractivity contribution >= 4 is 37.3 Å². The lowest BCUT2D eigenvalue weighted by Crippen LogP contribution is -2.14. The Kier molecular flexibility index (Phi) is 3.77. The number of benzene rings is 2. The Hall–Kier alpha value is -2.13. The van der Waals surface area contributed by atoms with E-state index in [1.807, 2.05) is 0 Å². The summed E-state index contributed by atoms with van der Waals surface area (Å²) < 4.78 is 65.5. The highest BCUT2D eigenvalue weighted by Gasteiger charge is 2.30. The van der Waals surface area contributed by atoms with Gasteiger partial charge in [-0.15, -0.1) is 11.3 Å². The molecule has 1 aromatic heterocycles. The van der Waals surface area contributed by atoms with Crippen LogP contribution in [0, 0.1) is 0 Å². The predicted molar refractivity (Wildman–Crippen MR) is 81.9 cm³/mol. The normalized spacial score (nSPS) is 12.5. The maximum absolute atomic E-state index is 12.7. The molecule has 23 heavy (non-hydrogen) atoms. The van der Waals surface area contributed by atoms with E-state index in [-0.39, 0.29) is 10.6 Å². The number of anilines is 1. The fourth-order valence-corrected chi connectivity index (χ4v) is 3.84. The first-order valence-corrected chi connectivity index (χ1v) is 8.65.